The highest BCUT2D eigenvalue weighted by molar-refractivity contribution is 5.87. The Kier molecular flexibility index (Phi) is 3.62. The average molecular weight is 313 g/mol. The number of fused-ring (bicyclic) bond motifs is 2. The average Bonchev–Trinajstić information content (AvgIpc) is 2.98. The van der Waals surface area contributed by atoms with Gasteiger partial charge in [-0.3, -0.25) is 9.69 Å². The second kappa shape index (κ2) is 5.65. The van der Waals surface area contributed by atoms with Crippen LogP contribution in [0.15, 0.2) is 24.3 Å². The molecule has 0 saturated carbocycles. The van der Waals surface area contributed by atoms with E-state index in [2.05, 4.69) is 46.9 Å². The van der Waals surface area contributed by atoms with E-state index in [-0.39, 0.29) is 18.4 Å². The molecule has 0 fully saturated rings. The molecule has 2 heterocycles. The maximum Gasteiger partial charge on any atom is 0.228 e. The van der Waals surface area contributed by atoms with E-state index < -0.39 is 0 Å². The van der Waals surface area contributed by atoms with E-state index in [0.29, 0.717) is 18.5 Å². The molecule has 0 saturated heterocycles. The van der Waals surface area contributed by atoms with Crippen LogP contribution in [0.1, 0.15) is 23.5 Å². The van der Waals surface area contributed by atoms with Crippen molar-refractivity contribution in [1.29, 1.82) is 0 Å². The van der Waals surface area contributed by atoms with E-state index in [9.17, 15) is 4.79 Å². The predicted octanol–water partition coefficient (Wildman–Crippen LogP) is 1.02. The fraction of sp³-hybridized carbons (Fsp3) is 0.500. The smallest absolute Gasteiger partial charge is 0.228 e. The van der Waals surface area contributed by atoms with Gasteiger partial charge in [0, 0.05) is 37.3 Å². The minimum absolute atomic E-state index is 0.00433. The van der Waals surface area contributed by atoms with Crippen molar-refractivity contribution < 1.29 is 9.90 Å². The molecule has 3 N–H and O–H groups in total. The number of carbonyl (C=O) groups is 1. The van der Waals surface area contributed by atoms with Crippen LogP contribution < -0.4 is 10.6 Å². The van der Waals surface area contributed by atoms with Gasteiger partial charge in [0.05, 0.1) is 12.5 Å². The molecule has 2 aliphatic heterocycles. The van der Waals surface area contributed by atoms with Crippen LogP contribution in [0.3, 0.4) is 0 Å². The van der Waals surface area contributed by atoms with Gasteiger partial charge in [0.15, 0.2) is 0 Å². The molecule has 122 valence electrons. The van der Waals surface area contributed by atoms with Gasteiger partial charge in [-0.1, -0.05) is 18.2 Å². The van der Waals surface area contributed by atoms with E-state index in [1.54, 1.807) is 0 Å². The molecule has 1 unspecified atom stereocenters. The molecule has 3 atom stereocenters. The van der Waals surface area contributed by atoms with Crippen LogP contribution in [-0.2, 0) is 4.79 Å². The van der Waals surface area contributed by atoms with E-state index in [4.69, 9.17) is 5.11 Å². The number of nitrogens with zero attached hydrogens (tertiary/aromatic N) is 1. The Balaban J connectivity index is 1.72. The van der Waals surface area contributed by atoms with Crippen molar-refractivity contribution in [1.82, 2.24) is 10.2 Å². The predicted molar refractivity (Wildman–Crippen MR) is 90.3 cm³/mol. The molecule has 23 heavy (non-hydrogen) atoms. The molecule has 0 aromatic heterocycles. The van der Waals surface area contributed by atoms with Gasteiger partial charge < -0.3 is 15.7 Å². The molecule has 5 nitrogen and oxygen atoms in total. The summed E-state index contributed by atoms with van der Waals surface area (Å²) in [7, 11) is 2.11. The Hall–Kier alpha value is -1.85. The van der Waals surface area contributed by atoms with Gasteiger partial charge in [-0.05, 0) is 36.2 Å². The van der Waals surface area contributed by atoms with Crippen LogP contribution in [0.2, 0.25) is 0 Å². The molecule has 1 aromatic carbocycles. The SMILES string of the molecule is CN1C[C@H](C(=O)NCCO)C=C2c3cccc4c3C(CN4)C[C@H]21. The van der Waals surface area contributed by atoms with Gasteiger partial charge in [0.25, 0.3) is 0 Å². The monoisotopic (exact) mass is 313 g/mol. The molecule has 3 aliphatic rings. The molecular weight excluding hydrogens is 290 g/mol. The lowest BCUT2D eigenvalue weighted by atomic mass is 9.74. The van der Waals surface area contributed by atoms with Crippen molar-refractivity contribution in [2.45, 2.75) is 18.4 Å². The van der Waals surface area contributed by atoms with Crippen LogP contribution in [0.25, 0.3) is 5.57 Å². The second-order valence-electron chi connectivity index (χ2n) is 6.78. The molecule has 1 amide bonds. The lowest BCUT2D eigenvalue weighted by molar-refractivity contribution is -0.124. The fourth-order valence-electron chi connectivity index (χ4n) is 4.32. The Morgan fingerprint density at radius 2 is 2.35 bits per heavy atom. The summed E-state index contributed by atoms with van der Waals surface area (Å²) in [5.74, 6) is 0.426. The number of anilines is 1. The zero-order valence-corrected chi connectivity index (χ0v) is 13.4. The Labute approximate surface area is 136 Å². The zero-order chi connectivity index (χ0) is 16.0. The summed E-state index contributed by atoms with van der Waals surface area (Å²) in [4.78, 5) is 14.6. The van der Waals surface area contributed by atoms with Crippen LogP contribution in [0.5, 0.6) is 0 Å². The van der Waals surface area contributed by atoms with E-state index in [0.717, 1.165) is 19.5 Å². The van der Waals surface area contributed by atoms with Crippen LogP contribution >= 0.6 is 0 Å². The number of rotatable bonds is 3. The first-order chi connectivity index (χ1) is 11.2. The third-order valence-electron chi connectivity index (χ3n) is 5.38. The van der Waals surface area contributed by atoms with Crippen molar-refractivity contribution in [3.63, 3.8) is 0 Å². The van der Waals surface area contributed by atoms with E-state index >= 15 is 0 Å². The summed E-state index contributed by atoms with van der Waals surface area (Å²) in [6.07, 6.45) is 3.27. The summed E-state index contributed by atoms with van der Waals surface area (Å²) >= 11 is 0. The zero-order valence-electron chi connectivity index (χ0n) is 13.4. The maximum atomic E-state index is 12.3. The van der Waals surface area contributed by atoms with E-state index in [1.165, 1.54) is 22.4 Å². The summed E-state index contributed by atoms with van der Waals surface area (Å²) in [6, 6.07) is 6.84. The lowest BCUT2D eigenvalue weighted by Crippen LogP contribution is -2.47. The minimum atomic E-state index is -0.153. The molecule has 5 heteroatoms. The molecule has 0 radical (unpaired) electrons. The lowest BCUT2D eigenvalue weighted by Gasteiger charge is -2.41. The van der Waals surface area contributed by atoms with E-state index in [1.807, 2.05) is 0 Å². The minimum Gasteiger partial charge on any atom is -0.395 e. The third kappa shape index (κ3) is 2.35. The molecule has 4 rings (SSSR count). The Morgan fingerprint density at radius 3 is 3.17 bits per heavy atom. The van der Waals surface area contributed by atoms with Gasteiger partial charge in [0.2, 0.25) is 5.91 Å². The van der Waals surface area contributed by atoms with Gasteiger partial charge in [0.1, 0.15) is 0 Å². The van der Waals surface area contributed by atoms with Crippen LogP contribution in [0, 0.1) is 5.92 Å². The first kappa shape index (κ1) is 14.7. The van der Waals surface area contributed by atoms with Crippen LogP contribution in [0.4, 0.5) is 5.69 Å². The van der Waals surface area contributed by atoms with Crippen molar-refractivity contribution >= 4 is 17.2 Å². The van der Waals surface area contributed by atoms with Gasteiger partial charge >= 0.3 is 0 Å². The highest BCUT2D eigenvalue weighted by Gasteiger charge is 2.40. The fourth-order valence-corrected chi connectivity index (χ4v) is 4.32. The molecular formula is C18H23N3O2. The first-order valence-corrected chi connectivity index (χ1v) is 8.36. The number of carbonyl (C=O) groups excluding carboxylic acids is 1. The number of likely N-dealkylation sites (N-methyl/N-ethyl adjacent to an activating group) is 1. The molecule has 1 aliphatic carbocycles. The van der Waals surface area contributed by atoms with Crippen molar-refractivity contribution in [3.8, 4) is 0 Å². The topological polar surface area (TPSA) is 64.6 Å². The first-order valence-electron chi connectivity index (χ1n) is 8.36. The number of nitrogens with one attached hydrogen (secondary N) is 2. The standard InChI is InChI=1S/C18H23N3O2/c1-21-10-12(18(23)19-5-6-22)7-14-13-3-2-4-15-17(13)11(9-20-15)8-16(14)21/h2-4,7,11-12,16,20,22H,5-6,8-10H2,1H3,(H,19,23)/t11?,12-,16-/m1/s1. The quantitative estimate of drug-likeness (QED) is 0.780. The number of aliphatic hydroxyl groups is 1. The van der Waals surface area contributed by atoms with Crippen molar-refractivity contribution in [2.75, 3.05) is 38.6 Å². The van der Waals surface area contributed by atoms with Gasteiger partial charge in [-0.25, -0.2) is 0 Å². The van der Waals surface area contributed by atoms with Gasteiger partial charge in [-0.15, -0.1) is 0 Å². The Bertz CT molecular complexity index is 670. The summed E-state index contributed by atoms with van der Waals surface area (Å²) in [5.41, 5.74) is 5.28. The maximum absolute atomic E-state index is 12.3. The largest absolute Gasteiger partial charge is 0.395 e. The summed E-state index contributed by atoms with van der Waals surface area (Å²) in [6.45, 7) is 2.05. The second-order valence-corrected chi connectivity index (χ2v) is 6.78. The Morgan fingerprint density at radius 1 is 1.48 bits per heavy atom. The number of hydrogen-bond acceptors (Lipinski definition) is 4. The summed E-state index contributed by atoms with van der Waals surface area (Å²) in [5, 5.41) is 15.2. The van der Waals surface area contributed by atoms with Crippen LogP contribution in [-0.4, -0.2) is 55.2 Å². The molecule has 0 spiro atoms. The summed E-state index contributed by atoms with van der Waals surface area (Å²) < 4.78 is 0. The normalized spacial score (nSPS) is 28.4. The number of aliphatic hydroxyl groups excluding tert-OH is 1. The number of amides is 1. The van der Waals surface area contributed by atoms with Gasteiger partial charge in [-0.2, -0.15) is 0 Å². The number of hydrogen-bond donors (Lipinski definition) is 3. The molecule has 1 aromatic rings. The highest BCUT2D eigenvalue weighted by Crippen LogP contribution is 2.48. The number of benzene rings is 1. The highest BCUT2D eigenvalue weighted by atomic mass is 16.3. The molecule has 0 bridgehead atoms. The van der Waals surface area contributed by atoms with Crippen molar-refractivity contribution in [2.24, 2.45) is 5.92 Å². The third-order valence-corrected chi connectivity index (χ3v) is 5.38. The van der Waals surface area contributed by atoms with Crippen molar-refractivity contribution in [3.05, 3.63) is 35.4 Å².